The molecule has 1 aromatic carbocycles. The van der Waals surface area contributed by atoms with Crippen molar-refractivity contribution in [1.82, 2.24) is 10.2 Å². The molecule has 3 aliphatic rings. The fraction of sp³-hybridized carbons (Fsp3) is 0.636. The van der Waals surface area contributed by atoms with Gasteiger partial charge in [-0.2, -0.15) is 0 Å². The van der Waals surface area contributed by atoms with Gasteiger partial charge in [0.05, 0.1) is 17.2 Å². The molecular weight excluding hydrogens is 389 g/mol. The summed E-state index contributed by atoms with van der Waals surface area (Å²) in [7, 11) is 0. The van der Waals surface area contributed by atoms with Gasteiger partial charge in [0.25, 0.3) is 0 Å². The lowest BCUT2D eigenvalue weighted by Gasteiger charge is -2.41. The SMILES string of the molecule is O=C(O)NCc1ccc(N2CCC[C@@]3(CCN(C4CCC(O)CC4)C3=O)C2)c(F)c1. The zero-order chi connectivity index (χ0) is 21.3. The van der Waals surface area contributed by atoms with Gasteiger partial charge < -0.3 is 25.3 Å². The molecule has 2 saturated heterocycles. The Hall–Kier alpha value is -2.35. The average molecular weight is 419 g/mol. The number of anilines is 1. The first-order valence-corrected chi connectivity index (χ1v) is 10.9. The molecule has 4 rings (SSSR count). The molecule has 1 aromatic rings. The Bertz CT molecular complexity index is 812. The molecule has 164 valence electrons. The molecular formula is C22H30FN3O4. The van der Waals surface area contributed by atoms with Crippen LogP contribution in [0.3, 0.4) is 0 Å². The Morgan fingerprint density at radius 1 is 1.20 bits per heavy atom. The van der Waals surface area contributed by atoms with Crippen molar-refractivity contribution in [2.75, 3.05) is 24.5 Å². The molecule has 8 heteroatoms. The monoisotopic (exact) mass is 419 g/mol. The number of hydrogen-bond donors (Lipinski definition) is 3. The molecule has 0 aromatic heterocycles. The van der Waals surface area contributed by atoms with Gasteiger partial charge in [-0.1, -0.05) is 6.07 Å². The summed E-state index contributed by atoms with van der Waals surface area (Å²) in [6.45, 7) is 2.02. The van der Waals surface area contributed by atoms with E-state index in [1.165, 1.54) is 6.07 Å². The summed E-state index contributed by atoms with van der Waals surface area (Å²) >= 11 is 0. The number of halogens is 1. The highest BCUT2D eigenvalue weighted by Crippen LogP contribution is 2.43. The number of aliphatic hydroxyl groups excluding tert-OH is 1. The number of hydrogen-bond acceptors (Lipinski definition) is 4. The molecule has 3 fully saturated rings. The van der Waals surface area contributed by atoms with Crippen LogP contribution in [0.1, 0.15) is 50.5 Å². The van der Waals surface area contributed by atoms with Crippen LogP contribution < -0.4 is 10.2 Å². The van der Waals surface area contributed by atoms with Gasteiger partial charge >= 0.3 is 6.09 Å². The Kier molecular flexibility index (Phi) is 5.86. The van der Waals surface area contributed by atoms with Crippen LogP contribution in [0, 0.1) is 11.2 Å². The number of carbonyl (C=O) groups is 2. The van der Waals surface area contributed by atoms with Gasteiger partial charge in [-0.3, -0.25) is 4.79 Å². The predicted molar refractivity (Wildman–Crippen MR) is 110 cm³/mol. The molecule has 0 radical (unpaired) electrons. The summed E-state index contributed by atoms with van der Waals surface area (Å²) in [6.07, 6.45) is 4.29. The maximum Gasteiger partial charge on any atom is 0.404 e. The molecule has 1 aliphatic carbocycles. The van der Waals surface area contributed by atoms with Crippen molar-refractivity contribution >= 4 is 17.7 Å². The van der Waals surface area contributed by atoms with Crippen molar-refractivity contribution in [2.45, 2.75) is 63.6 Å². The number of nitrogens with one attached hydrogen (secondary N) is 1. The minimum atomic E-state index is -1.14. The standard InChI is InChI=1S/C22H30FN3O4/c23-18-12-15(13-24-21(29)30)2-7-19(18)25-10-1-8-22(14-25)9-11-26(20(22)28)16-3-5-17(27)6-4-16/h2,7,12,16-17,24,27H,1,3-6,8-11,13-14H2,(H,29,30)/t16?,17?,22-/m1/s1. The molecule has 1 saturated carbocycles. The summed E-state index contributed by atoms with van der Waals surface area (Å²) in [6, 6.07) is 5.00. The summed E-state index contributed by atoms with van der Waals surface area (Å²) in [5, 5.41) is 20.7. The predicted octanol–water partition coefficient (Wildman–Crippen LogP) is 2.72. The van der Waals surface area contributed by atoms with Crippen LogP contribution in [0.4, 0.5) is 14.9 Å². The van der Waals surface area contributed by atoms with Gasteiger partial charge in [0.1, 0.15) is 5.82 Å². The molecule has 7 nitrogen and oxygen atoms in total. The van der Waals surface area contributed by atoms with Crippen molar-refractivity contribution in [3.63, 3.8) is 0 Å². The van der Waals surface area contributed by atoms with E-state index in [0.29, 0.717) is 24.3 Å². The number of nitrogens with zero attached hydrogens (tertiary/aromatic N) is 2. The van der Waals surface area contributed by atoms with Crippen molar-refractivity contribution in [2.24, 2.45) is 5.41 Å². The van der Waals surface area contributed by atoms with Crippen molar-refractivity contribution in [1.29, 1.82) is 0 Å². The molecule has 2 heterocycles. The molecule has 3 N–H and O–H groups in total. The van der Waals surface area contributed by atoms with Crippen LogP contribution in [0.25, 0.3) is 0 Å². The highest BCUT2D eigenvalue weighted by molar-refractivity contribution is 5.86. The minimum Gasteiger partial charge on any atom is -0.465 e. The van der Waals surface area contributed by atoms with Crippen LogP contribution in [-0.2, 0) is 11.3 Å². The molecule has 1 atom stereocenters. The Morgan fingerprint density at radius 3 is 2.67 bits per heavy atom. The summed E-state index contributed by atoms with van der Waals surface area (Å²) < 4.78 is 14.8. The first kappa shape index (κ1) is 20.9. The van der Waals surface area contributed by atoms with Crippen LogP contribution >= 0.6 is 0 Å². The molecule has 30 heavy (non-hydrogen) atoms. The first-order valence-electron chi connectivity index (χ1n) is 10.9. The van der Waals surface area contributed by atoms with Gasteiger partial charge in [0.15, 0.2) is 0 Å². The highest BCUT2D eigenvalue weighted by atomic mass is 19.1. The number of likely N-dealkylation sites (tertiary alicyclic amines) is 1. The summed E-state index contributed by atoms with van der Waals surface area (Å²) in [5.41, 5.74) is 0.581. The summed E-state index contributed by atoms with van der Waals surface area (Å²) in [5.74, 6) is -0.198. The summed E-state index contributed by atoms with van der Waals surface area (Å²) in [4.78, 5) is 28.0. The number of carboxylic acid groups (broad SMARTS) is 1. The number of benzene rings is 1. The third kappa shape index (κ3) is 4.10. The van der Waals surface area contributed by atoms with Gasteiger partial charge in [-0.15, -0.1) is 0 Å². The van der Waals surface area contributed by atoms with E-state index >= 15 is 0 Å². The molecule has 0 bridgehead atoms. The molecule has 1 spiro atoms. The maximum absolute atomic E-state index is 14.8. The lowest BCUT2D eigenvalue weighted by molar-refractivity contribution is -0.139. The zero-order valence-electron chi connectivity index (χ0n) is 17.1. The third-order valence-electron chi connectivity index (χ3n) is 7.03. The topological polar surface area (TPSA) is 93.1 Å². The smallest absolute Gasteiger partial charge is 0.404 e. The van der Waals surface area contributed by atoms with E-state index in [0.717, 1.165) is 51.5 Å². The van der Waals surface area contributed by atoms with E-state index in [-0.39, 0.29) is 30.4 Å². The van der Waals surface area contributed by atoms with E-state index in [2.05, 4.69) is 5.32 Å². The largest absolute Gasteiger partial charge is 0.465 e. The normalized spacial score (nSPS) is 29.5. The fourth-order valence-corrected chi connectivity index (χ4v) is 5.38. The maximum atomic E-state index is 14.8. The number of carbonyl (C=O) groups excluding carboxylic acids is 1. The highest BCUT2D eigenvalue weighted by Gasteiger charge is 2.50. The van der Waals surface area contributed by atoms with Gasteiger partial charge in [-0.25, -0.2) is 9.18 Å². The zero-order valence-corrected chi connectivity index (χ0v) is 17.1. The lowest BCUT2D eigenvalue weighted by Crippen LogP contribution is -2.50. The molecule has 0 unspecified atom stereocenters. The quantitative estimate of drug-likeness (QED) is 0.698. The Balaban J connectivity index is 1.45. The van der Waals surface area contributed by atoms with E-state index in [1.54, 1.807) is 12.1 Å². The van der Waals surface area contributed by atoms with Crippen molar-refractivity contribution in [3.05, 3.63) is 29.6 Å². The number of aliphatic hydroxyl groups is 1. The van der Waals surface area contributed by atoms with Crippen LogP contribution in [-0.4, -0.2) is 58.9 Å². The van der Waals surface area contributed by atoms with E-state index in [4.69, 9.17) is 5.11 Å². The van der Waals surface area contributed by atoms with Gasteiger partial charge in [0, 0.05) is 32.2 Å². The van der Waals surface area contributed by atoms with E-state index in [9.17, 15) is 19.1 Å². The van der Waals surface area contributed by atoms with Crippen LogP contribution in [0.5, 0.6) is 0 Å². The Labute approximate surface area is 175 Å². The lowest BCUT2D eigenvalue weighted by atomic mass is 9.78. The van der Waals surface area contributed by atoms with E-state index in [1.807, 2.05) is 9.80 Å². The van der Waals surface area contributed by atoms with Gasteiger partial charge in [0.2, 0.25) is 5.91 Å². The first-order chi connectivity index (χ1) is 14.4. The molecule has 2 aliphatic heterocycles. The Morgan fingerprint density at radius 2 is 1.97 bits per heavy atom. The average Bonchev–Trinajstić information content (AvgIpc) is 3.03. The van der Waals surface area contributed by atoms with E-state index < -0.39 is 11.5 Å². The second kappa shape index (κ2) is 8.41. The molecule has 2 amide bonds. The second-order valence-corrected chi connectivity index (χ2v) is 8.96. The number of piperidine rings is 1. The second-order valence-electron chi connectivity index (χ2n) is 8.96. The number of rotatable bonds is 4. The fourth-order valence-electron chi connectivity index (χ4n) is 5.38. The van der Waals surface area contributed by atoms with Crippen molar-refractivity contribution in [3.8, 4) is 0 Å². The minimum absolute atomic E-state index is 0.0556. The third-order valence-corrected chi connectivity index (χ3v) is 7.03. The van der Waals surface area contributed by atoms with Crippen LogP contribution in [0.15, 0.2) is 18.2 Å². The van der Waals surface area contributed by atoms with Gasteiger partial charge in [-0.05, 0) is 62.6 Å². The van der Waals surface area contributed by atoms with Crippen LogP contribution in [0.2, 0.25) is 0 Å². The number of amides is 2. The van der Waals surface area contributed by atoms with Crippen molar-refractivity contribution < 1.29 is 24.2 Å².